The molecule has 0 fully saturated rings. The maximum Gasteiger partial charge on any atom is 0.195 e. The van der Waals surface area contributed by atoms with Crippen LogP contribution in [0.1, 0.15) is 88.1 Å². The summed E-state index contributed by atoms with van der Waals surface area (Å²) in [7, 11) is 0. The maximum absolute atomic E-state index is 14.0. The lowest BCUT2D eigenvalue weighted by Crippen LogP contribution is -2.22. The minimum atomic E-state index is -0.108. The van der Waals surface area contributed by atoms with Gasteiger partial charge in [-0.2, -0.15) is 0 Å². The van der Waals surface area contributed by atoms with Crippen molar-refractivity contribution < 1.29 is 14.3 Å². The molecule has 0 aromatic heterocycles. The Balaban J connectivity index is 1.18. The maximum atomic E-state index is 14.0. The van der Waals surface area contributed by atoms with Crippen LogP contribution in [0.25, 0.3) is 0 Å². The van der Waals surface area contributed by atoms with Gasteiger partial charge in [-0.1, -0.05) is 111 Å². The third kappa shape index (κ3) is 6.95. The zero-order valence-electron chi connectivity index (χ0n) is 25.8. The minimum Gasteiger partial charge on any atom is -0.489 e. The van der Waals surface area contributed by atoms with Crippen LogP contribution in [0.2, 0.25) is 0 Å². The van der Waals surface area contributed by atoms with E-state index in [1.807, 2.05) is 48.5 Å². The molecule has 0 saturated heterocycles. The minimum absolute atomic E-state index is 0.102. The molecule has 0 bridgehead atoms. The lowest BCUT2D eigenvalue weighted by atomic mass is 9.84. The second-order valence-electron chi connectivity index (χ2n) is 11.6. The predicted molar refractivity (Wildman–Crippen MR) is 184 cm³/mol. The van der Waals surface area contributed by atoms with Gasteiger partial charge in [0.1, 0.15) is 12.4 Å². The molecule has 0 saturated carbocycles. The van der Waals surface area contributed by atoms with Crippen LogP contribution < -0.4 is 4.74 Å². The van der Waals surface area contributed by atoms with Gasteiger partial charge in [-0.3, -0.25) is 9.59 Å². The molecule has 45 heavy (non-hydrogen) atoms. The number of hydrogen-bond donors (Lipinski definition) is 0. The van der Waals surface area contributed by atoms with Crippen molar-refractivity contribution >= 4 is 35.1 Å². The molecule has 0 N–H and O–H groups in total. The summed E-state index contributed by atoms with van der Waals surface area (Å²) >= 11 is 3.03. The first-order valence-corrected chi connectivity index (χ1v) is 17.2. The van der Waals surface area contributed by atoms with Gasteiger partial charge >= 0.3 is 0 Å². The van der Waals surface area contributed by atoms with Gasteiger partial charge in [0, 0.05) is 41.8 Å². The van der Waals surface area contributed by atoms with E-state index in [2.05, 4.69) is 69.3 Å². The molecule has 0 spiro atoms. The summed E-state index contributed by atoms with van der Waals surface area (Å²) in [6.45, 7) is 7.07. The number of carbonyl (C=O) groups excluding carboxylic acids is 2. The van der Waals surface area contributed by atoms with E-state index in [9.17, 15) is 9.59 Å². The van der Waals surface area contributed by atoms with Crippen molar-refractivity contribution in [3.05, 3.63) is 148 Å². The van der Waals surface area contributed by atoms with Gasteiger partial charge in [-0.05, 0) is 84.0 Å². The molecule has 1 aliphatic rings. The average molecular weight is 629 g/mol. The van der Waals surface area contributed by atoms with Crippen LogP contribution in [0, 0.1) is 0 Å². The number of fused-ring (bicyclic) bond motifs is 2. The Labute approximate surface area is 274 Å². The number of carbonyl (C=O) groups is 2. The zero-order chi connectivity index (χ0) is 31.3. The molecular weight excluding hydrogens is 593 g/mol. The standard InChI is InChI=1S/C40H36O3S2/c1-4-5-8-27-15-21-31(22-16-27)44-35-11-6-9-33-37(35)39(41)34-10-7-12-36(38(34)40(33)42)45-32-23-19-30(20-24-32)43-25-28-13-17-29(18-14-28)26(2)3/h6-7,9-24,26H,4-5,8,25H2,1-3H3. The van der Waals surface area contributed by atoms with Crippen molar-refractivity contribution in [1.82, 2.24) is 0 Å². The van der Waals surface area contributed by atoms with Crippen molar-refractivity contribution in [2.75, 3.05) is 0 Å². The summed E-state index contributed by atoms with van der Waals surface area (Å²) in [5.41, 5.74) is 5.66. The highest BCUT2D eigenvalue weighted by Gasteiger charge is 2.33. The fourth-order valence-corrected chi connectivity index (χ4v) is 7.43. The Kier molecular flexibility index (Phi) is 9.58. The van der Waals surface area contributed by atoms with Crippen LogP contribution in [-0.2, 0) is 13.0 Å². The van der Waals surface area contributed by atoms with Gasteiger partial charge in [0.2, 0.25) is 0 Å². The summed E-state index contributed by atoms with van der Waals surface area (Å²) in [5, 5.41) is 0. The summed E-state index contributed by atoms with van der Waals surface area (Å²) in [5.74, 6) is 1.07. The van der Waals surface area contributed by atoms with Gasteiger partial charge in [-0.25, -0.2) is 0 Å². The van der Waals surface area contributed by atoms with E-state index < -0.39 is 0 Å². The van der Waals surface area contributed by atoms with Crippen LogP contribution >= 0.6 is 23.5 Å². The van der Waals surface area contributed by atoms with Crippen LogP contribution in [0.4, 0.5) is 0 Å². The molecule has 6 rings (SSSR count). The van der Waals surface area contributed by atoms with Crippen molar-refractivity contribution in [2.45, 2.75) is 72.1 Å². The predicted octanol–water partition coefficient (Wildman–Crippen LogP) is 10.8. The highest BCUT2D eigenvalue weighted by molar-refractivity contribution is 7.99. The fraction of sp³-hybridized carbons (Fsp3) is 0.200. The van der Waals surface area contributed by atoms with Crippen LogP contribution in [0.3, 0.4) is 0 Å². The third-order valence-electron chi connectivity index (χ3n) is 8.07. The Morgan fingerprint density at radius 2 is 1.13 bits per heavy atom. The van der Waals surface area contributed by atoms with Gasteiger partial charge in [0.05, 0.1) is 0 Å². The number of ketones is 2. The number of hydrogen-bond acceptors (Lipinski definition) is 5. The van der Waals surface area contributed by atoms with Crippen molar-refractivity contribution in [3.63, 3.8) is 0 Å². The van der Waals surface area contributed by atoms with Crippen LogP contribution in [0.15, 0.2) is 129 Å². The topological polar surface area (TPSA) is 43.4 Å². The van der Waals surface area contributed by atoms with Gasteiger partial charge in [0.25, 0.3) is 0 Å². The number of benzene rings is 5. The molecule has 226 valence electrons. The van der Waals surface area contributed by atoms with Gasteiger partial charge < -0.3 is 4.74 Å². The lowest BCUT2D eigenvalue weighted by Gasteiger charge is -2.22. The second-order valence-corrected chi connectivity index (χ2v) is 13.9. The molecule has 0 amide bonds. The zero-order valence-corrected chi connectivity index (χ0v) is 27.5. The molecule has 0 atom stereocenters. The number of ether oxygens (including phenoxy) is 1. The Bertz CT molecular complexity index is 1820. The molecular formula is C40H36O3S2. The molecule has 0 heterocycles. The van der Waals surface area contributed by atoms with Crippen molar-refractivity contribution in [3.8, 4) is 5.75 Å². The molecule has 5 heteroatoms. The smallest absolute Gasteiger partial charge is 0.195 e. The molecule has 3 nitrogen and oxygen atoms in total. The highest BCUT2D eigenvalue weighted by atomic mass is 32.2. The molecule has 0 aliphatic heterocycles. The van der Waals surface area contributed by atoms with E-state index in [0.717, 1.165) is 37.3 Å². The van der Waals surface area contributed by atoms with E-state index in [1.54, 1.807) is 12.1 Å². The Morgan fingerprint density at radius 1 is 0.622 bits per heavy atom. The monoisotopic (exact) mass is 628 g/mol. The normalized spacial score (nSPS) is 12.3. The van der Waals surface area contributed by atoms with E-state index in [1.165, 1.54) is 47.5 Å². The van der Waals surface area contributed by atoms with Gasteiger partial charge in [-0.15, -0.1) is 0 Å². The molecule has 0 radical (unpaired) electrons. The van der Waals surface area contributed by atoms with E-state index >= 15 is 0 Å². The van der Waals surface area contributed by atoms with Gasteiger partial charge in [0.15, 0.2) is 11.6 Å². The summed E-state index contributed by atoms with van der Waals surface area (Å²) in [6, 6.07) is 36.1. The van der Waals surface area contributed by atoms with Crippen molar-refractivity contribution in [2.24, 2.45) is 0 Å². The first-order chi connectivity index (χ1) is 21.9. The lowest BCUT2D eigenvalue weighted by molar-refractivity contribution is 0.0974. The highest BCUT2D eigenvalue weighted by Crippen LogP contribution is 2.41. The third-order valence-corrected chi connectivity index (χ3v) is 10.2. The fourth-order valence-electron chi connectivity index (χ4n) is 5.48. The molecule has 5 aromatic rings. The van der Waals surface area contributed by atoms with Crippen LogP contribution in [-0.4, -0.2) is 11.6 Å². The first-order valence-electron chi connectivity index (χ1n) is 15.5. The molecule has 0 unspecified atom stereocenters. The first kappa shape index (κ1) is 30.9. The summed E-state index contributed by atoms with van der Waals surface area (Å²) in [6.07, 6.45) is 3.40. The molecule has 1 aliphatic carbocycles. The Hall–Kier alpha value is -4.06. The second kappa shape index (κ2) is 13.9. The summed E-state index contributed by atoms with van der Waals surface area (Å²) < 4.78 is 6.02. The average Bonchev–Trinajstić information content (AvgIpc) is 3.06. The number of rotatable bonds is 11. The van der Waals surface area contributed by atoms with E-state index in [-0.39, 0.29) is 11.6 Å². The summed E-state index contributed by atoms with van der Waals surface area (Å²) in [4.78, 5) is 31.5. The van der Waals surface area contributed by atoms with E-state index in [4.69, 9.17) is 4.74 Å². The van der Waals surface area contributed by atoms with Crippen molar-refractivity contribution in [1.29, 1.82) is 0 Å². The quantitative estimate of drug-likeness (QED) is 0.143. The van der Waals surface area contributed by atoms with E-state index in [0.29, 0.717) is 34.8 Å². The number of aryl methyl sites for hydroxylation is 1. The largest absolute Gasteiger partial charge is 0.489 e. The number of unbranched alkanes of at least 4 members (excludes halogenated alkanes) is 1. The Morgan fingerprint density at radius 3 is 1.64 bits per heavy atom. The van der Waals surface area contributed by atoms with Crippen LogP contribution in [0.5, 0.6) is 5.75 Å². The SMILES string of the molecule is CCCCc1ccc(Sc2cccc3c2C(=O)c2cccc(Sc4ccc(OCc5ccc(C(C)C)cc5)cc4)c2C3=O)cc1. The molecule has 5 aromatic carbocycles.